The maximum absolute atomic E-state index is 14.4. The van der Waals surface area contributed by atoms with Crippen molar-refractivity contribution in [3.05, 3.63) is 118 Å². The minimum Gasteiger partial charge on any atom is -0.394 e. The number of nitrogens with one attached hydrogen (secondary N) is 3. The number of benzene rings is 3. The Hall–Kier alpha value is -4.27. The number of carbonyl (C=O) groups excluding carboxylic acids is 2. The maximum Gasteiger partial charge on any atom is 0.257 e. The second-order valence-electron chi connectivity index (χ2n) is 8.15. The number of carbonyl (C=O) groups is 2. The highest BCUT2D eigenvalue weighted by Gasteiger charge is 2.31. The lowest BCUT2D eigenvalue weighted by Gasteiger charge is -2.17. The third-order valence-electron chi connectivity index (χ3n) is 5.91. The van der Waals surface area contributed by atoms with Crippen molar-refractivity contribution in [2.45, 2.75) is 6.04 Å². The summed E-state index contributed by atoms with van der Waals surface area (Å²) in [5, 5.41) is 15.4. The Balaban J connectivity index is 1.59. The minimum absolute atomic E-state index is 0.0466. The van der Waals surface area contributed by atoms with Crippen LogP contribution in [-0.4, -0.2) is 33.5 Å². The smallest absolute Gasteiger partial charge is 0.257 e. The van der Waals surface area contributed by atoms with Gasteiger partial charge in [-0.2, -0.15) is 0 Å². The van der Waals surface area contributed by atoms with E-state index in [2.05, 4.69) is 20.6 Å². The summed E-state index contributed by atoms with van der Waals surface area (Å²) >= 11 is 5.88. The molecule has 180 valence electrons. The van der Waals surface area contributed by atoms with Gasteiger partial charge in [-0.3, -0.25) is 9.59 Å². The zero-order chi connectivity index (χ0) is 25.2. The van der Waals surface area contributed by atoms with Crippen molar-refractivity contribution in [2.75, 3.05) is 11.9 Å². The molecule has 9 heteroatoms. The Bertz CT molecular complexity index is 1490. The minimum atomic E-state index is -0.637. The van der Waals surface area contributed by atoms with E-state index in [4.69, 9.17) is 11.6 Å². The van der Waals surface area contributed by atoms with Gasteiger partial charge in [0.15, 0.2) is 0 Å². The molecule has 4 aromatic rings. The van der Waals surface area contributed by atoms with E-state index in [1.807, 2.05) is 30.3 Å². The summed E-state index contributed by atoms with van der Waals surface area (Å²) in [4.78, 5) is 33.5. The Morgan fingerprint density at radius 2 is 1.86 bits per heavy atom. The third-order valence-corrected chi connectivity index (χ3v) is 6.22. The first-order chi connectivity index (χ1) is 17.5. The van der Waals surface area contributed by atoms with E-state index >= 15 is 0 Å². The average molecular weight is 503 g/mol. The van der Waals surface area contributed by atoms with E-state index < -0.39 is 23.7 Å². The monoisotopic (exact) mass is 502 g/mol. The van der Waals surface area contributed by atoms with Gasteiger partial charge in [-0.15, -0.1) is 0 Å². The lowest BCUT2D eigenvalue weighted by molar-refractivity contribution is -0.110. The number of hydrogen-bond acceptors (Lipinski definition) is 4. The molecule has 0 radical (unpaired) electrons. The quantitative estimate of drug-likeness (QED) is 0.289. The second-order valence-corrected chi connectivity index (χ2v) is 8.56. The van der Waals surface area contributed by atoms with Crippen molar-refractivity contribution in [1.29, 1.82) is 0 Å². The number of aromatic amines is 1. The molecule has 5 rings (SSSR count). The number of hydrogen-bond donors (Lipinski definition) is 4. The summed E-state index contributed by atoms with van der Waals surface area (Å²) in [5.74, 6) is -1.12. The fourth-order valence-electron chi connectivity index (χ4n) is 4.17. The molecule has 1 aromatic heterocycles. The molecule has 2 amide bonds. The van der Waals surface area contributed by atoms with Crippen LogP contribution in [0.4, 0.5) is 10.1 Å². The van der Waals surface area contributed by atoms with E-state index in [1.165, 1.54) is 18.3 Å². The molecule has 7 nitrogen and oxygen atoms in total. The van der Waals surface area contributed by atoms with Crippen LogP contribution < -0.4 is 10.6 Å². The second kappa shape index (κ2) is 9.77. The van der Waals surface area contributed by atoms with Gasteiger partial charge >= 0.3 is 0 Å². The molecule has 0 spiro atoms. The molecular weight excluding hydrogens is 483 g/mol. The molecule has 0 unspecified atom stereocenters. The van der Waals surface area contributed by atoms with Gasteiger partial charge in [-0.05, 0) is 41.5 Å². The van der Waals surface area contributed by atoms with Gasteiger partial charge in [0.05, 0.1) is 23.2 Å². The van der Waals surface area contributed by atoms with Gasteiger partial charge in [0.25, 0.3) is 11.8 Å². The van der Waals surface area contributed by atoms with Gasteiger partial charge in [0, 0.05) is 34.8 Å². The fraction of sp³-hybridized carbons (Fsp3) is 0.0741. The zero-order valence-corrected chi connectivity index (χ0v) is 19.5. The van der Waals surface area contributed by atoms with Crippen molar-refractivity contribution in [3.8, 4) is 0 Å². The predicted molar refractivity (Wildman–Crippen MR) is 135 cm³/mol. The van der Waals surface area contributed by atoms with Gasteiger partial charge in [-0.1, -0.05) is 48.0 Å². The fourth-order valence-corrected chi connectivity index (χ4v) is 4.29. The molecule has 1 aliphatic rings. The predicted octanol–water partition coefficient (Wildman–Crippen LogP) is 4.58. The highest BCUT2D eigenvalue weighted by atomic mass is 35.5. The molecule has 36 heavy (non-hydrogen) atoms. The highest BCUT2D eigenvalue weighted by Crippen LogP contribution is 2.40. The number of imidazole rings is 1. The van der Waals surface area contributed by atoms with E-state index in [0.29, 0.717) is 33.8 Å². The van der Waals surface area contributed by atoms with Crippen molar-refractivity contribution in [2.24, 2.45) is 0 Å². The summed E-state index contributed by atoms with van der Waals surface area (Å²) in [6.07, 6.45) is 3.12. The number of halogens is 2. The SMILES string of the molecule is O=C1Nc2ccc(C(=O)N[C@H](CO)c3ccccc3)cc2/C1=C(\c1ccc(Cl)c(F)c1)c1ncc[nH]1. The van der Waals surface area contributed by atoms with E-state index in [1.54, 1.807) is 30.5 Å². The first-order valence-corrected chi connectivity index (χ1v) is 11.5. The summed E-state index contributed by atoms with van der Waals surface area (Å²) < 4.78 is 14.4. The molecule has 4 N–H and O–H groups in total. The van der Waals surface area contributed by atoms with Crippen molar-refractivity contribution < 1.29 is 19.1 Å². The number of amides is 2. The van der Waals surface area contributed by atoms with Crippen LogP contribution >= 0.6 is 11.6 Å². The molecule has 0 aliphatic carbocycles. The van der Waals surface area contributed by atoms with E-state index in [9.17, 15) is 19.1 Å². The number of nitrogens with zero attached hydrogens (tertiary/aromatic N) is 1. The number of aliphatic hydroxyl groups is 1. The maximum atomic E-state index is 14.4. The third kappa shape index (κ3) is 4.39. The van der Waals surface area contributed by atoms with E-state index in [0.717, 1.165) is 5.56 Å². The number of aromatic nitrogens is 2. The molecule has 0 bridgehead atoms. The van der Waals surface area contributed by atoms with Crippen LogP contribution in [0.1, 0.15) is 38.9 Å². The van der Waals surface area contributed by atoms with Crippen LogP contribution in [0.25, 0.3) is 11.1 Å². The number of rotatable bonds is 6. The van der Waals surface area contributed by atoms with E-state index in [-0.39, 0.29) is 17.2 Å². The average Bonchev–Trinajstić information content (AvgIpc) is 3.53. The standard InChI is InChI=1S/C27H20ClFN4O3/c28-19-8-6-16(13-20(19)29)23(25-30-10-11-31-25)24-18-12-17(7-9-21(18)32-27(24)36)26(35)33-22(14-34)15-4-2-1-3-5-15/h1-13,22,34H,14H2,(H,30,31)(H,32,36)(H,33,35)/b24-23-/t22-/m1/s1. The molecule has 0 saturated carbocycles. The van der Waals surface area contributed by atoms with Crippen LogP contribution in [0.3, 0.4) is 0 Å². The van der Waals surface area contributed by atoms with Gasteiger partial charge in [-0.25, -0.2) is 9.37 Å². The first kappa shape index (κ1) is 23.5. The lowest BCUT2D eigenvalue weighted by atomic mass is 9.93. The number of anilines is 1. The Kier molecular flexibility index (Phi) is 6.37. The van der Waals surface area contributed by atoms with Crippen LogP contribution in [-0.2, 0) is 4.79 Å². The Morgan fingerprint density at radius 3 is 2.56 bits per heavy atom. The Labute approximate surface area is 210 Å². The van der Waals surface area contributed by atoms with Crippen LogP contribution in [0.15, 0.2) is 79.1 Å². The topological polar surface area (TPSA) is 107 Å². The number of H-pyrrole nitrogens is 1. The van der Waals surface area contributed by atoms with Crippen LogP contribution in [0.5, 0.6) is 0 Å². The van der Waals surface area contributed by atoms with Crippen LogP contribution in [0, 0.1) is 5.82 Å². The zero-order valence-electron chi connectivity index (χ0n) is 18.8. The summed E-state index contributed by atoms with van der Waals surface area (Å²) in [7, 11) is 0. The van der Waals surface area contributed by atoms with Crippen molar-refractivity contribution in [3.63, 3.8) is 0 Å². The lowest BCUT2D eigenvalue weighted by Crippen LogP contribution is -2.30. The summed E-state index contributed by atoms with van der Waals surface area (Å²) in [6.45, 7) is -0.281. The summed E-state index contributed by atoms with van der Waals surface area (Å²) in [6, 6.07) is 17.6. The van der Waals surface area contributed by atoms with Crippen LogP contribution in [0.2, 0.25) is 5.02 Å². The largest absolute Gasteiger partial charge is 0.394 e. The molecule has 0 fully saturated rings. The molecule has 1 aliphatic heterocycles. The molecule has 1 atom stereocenters. The normalized spacial score (nSPS) is 14.7. The van der Waals surface area contributed by atoms with Gasteiger partial charge in [0.1, 0.15) is 11.6 Å². The van der Waals surface area contributed by atoms with Gasteiger partial charge < -0.3 is 20.7 Å². The molecular formula is C27H20ClFN4O3. The number of aliphatic hydroxyl groups excluding tert-OH is 1. The highest BCUT2D eigenvalue weighted by molar-refractivity contribution is 6.38. The van der Waals surface area contributed by atoms with Crippen molar-refractivity contribution in [1.82, 2.24) is 15.3 Å². The molecule has 2 heterocycles. The number of fused-ring (bicyclic) bond motifs is 1. The summed E-state index contributed by atoms with van der Waals surface area (Å²) in [5.41, 5.74) is 3.01. The molecule has 3 aromatic carbocycles. The van der Waals surface area contributed by atoms with Crippen molar-refractivity contribution >= 4 is 40.2 Å². The van der Waals surface area contributed by atoms with Gasteiger partial charge in [0.2, 0.25) is 0 Å². The Morgan fingerprint density at radius 1 is 1.08 bits per heavy atom. The first-order valence-electron chi connectivity index (χ1n) is 11.1. The molecule has 0 saturated heterocycles.